The van der Waals surface area contributed by atoms with E-state index in [1.165, 1.54) is 0 Å². The molecule has 0 N–H and O–H groups in total. The molecule has 3 heteroatoms. The van der Waals surface area contributed by atoms with Crippen molar-refractivity contribution in [1.29, 1.82) is 0 Å². The van der Waals surface area contributed by atoms with Crippen molar-refractivity contribution in [3.05, 3.63) is 71.8 Å². The second-order valence-corrected chi connectivity index (χ2v) is 9.09. The molecule has 0 aromatic heterocycles. The lowest BCUT2D eigenvalue weighted by molar-refractivity contribution is -0.161. The van der Waals surface area contributed by atoms with Crippen LogP contribution in [0.25, 0.3) is 0 Å². The summed E-state index contributed by atoms with van der Waals surface area (Å²) in [4.78, 5) is 27.6. The summed E-state index contributed by atoms with van der Waals surface area (Å²) in [7, 11) is 0. The minimum absolute atomic E-state index is 0.139. The Kier molecular flexibility index (Phi) is 7.12. The number of rotatable bonds is 7. The van der Waals surface area contributed by atoms with Crippen molar-refractivity contribution in [2.75, 3.05) is 0 Å². The van der Waals surface area contributed by atoms with Gasteiger partial charge in [0.05, 0.1) is 0 Å². The SMILES string of the molecule is CC[C@](C(=O)O[C@H]1C[C@H](C)CC[C@@H]1C(C)C)(C(=O)c1ccccc1)c1ccccc1. The van der Waals surface area contributed by atoms with E-state index in [1.54, 1.807) is 12.1 Å². The van der Waals surface area contributed by atoms with Gasteiger partial charge in [-0.25, -0.2) is 0 Å². The summed E-state index contributed by atoms with van der Waals surface area (Å²) in [5, 5.41) is 0. The Bertz CT molecular complexity index is 843. The molecule has 0 bridgehead atoms. The van der Waals surface area contributed by atoms with Crippen LogP contribution in [-0.4, -0.2) is 17.9 Å². The molecule has 0 unspecified atom stereocenters. The molecule has 0 saturated heterocycles. The fraction of sp³-hybridized carbons (Fsp3) is 0.481. The maximum atomic E-state index is 13.8. The van der Waals surface area contributed by atoms with Crippen molar-refractivity contribution in [2.24, 2.45) is 17.8 Å². The van der Waals surface area contributed by atoms with E-state index in [0.717, 1.165) is 19.3 Å². The first-order valence-corrected chi connectivity index (χ1v) is 11.3. The Morgan fingerprint density at radius 1 is 1.00 bits per heavy atom. The maximum Gasteiger partial charge on any atom is 0.324 e. The molecule has 1 aliphatic carbocycles. The number of Topliss-reactive ketones (excluding diaryl/α,β-unsaturated/α-hetero) is 1. The van der Waals surface area contributed by atoms with Crippen LogP contribution in [0.2, 0.25) is 0 Å². The summed E-state index contributed by atoms with van der Waals surface area (Å²) in [6.45, 7) is 8.51. The third-order valence-corrected chi connectivity index (χ3v) is 6.79. The van der Waals surface area contributed by atoms with E-state index in [0.29, 0.717) is 35.3 Å². The van der Waals surface area contributed by atoms with E-state index in [2.05, 4.69) is 20.8 Å². The Balaban J connectivity index is 2.01. The molecule has 1 saturated carbocycles. The lowest BCUT2D eigenvalue weighted by atomic mass is 9.71. The molecule has 1 fully saturated rings. The zero-order valence-electron chi connectivity index (χ0n) is 18.6. The quantitative estimate of drug-likeness (QED) is 0.311. The van der Waals surface area contributed by atoms with Crippen molar-refractivity contribution in [3.63, 3.8) is 0 Å². The minimum atomic E-state index is -1.33. The van der Waals surface area contributed by atoms with Gasteiger partial charge in [-0.15, -0.1) is 0 Å². The highest BCUT2D eigenvalue weighted by molar-refractivity contribution is 6.17. The van der Waals surface area contributed by atoms with Crippen LogP contribution in [0.15, 0.2) is 60.7 Å². The molecule has 160 valence electrons. The van der Waals surface area contributed by atoms with Gasteiger partial charge in [0.1, 0.15) is 6.10 Å². The molecule has 2 aromatic rings. The highest BCUT2D eigenvalue weighted by atomic mass is 16.5. The van der Waals surface area contributed by atoms with Crippen LogP contribution >= 0.6 is 0 Å². The van der Waals surface area contributed by atoms with Gasteiger partial charge in [-0.05, 0) is 42.6 Å². The van der Waals surface area contributed by atoms with Gasteiger partial charge in [0.25, 0.3) is 0 Å². The zero-order chi connectivity index (χ0) is 21.7. The normalized spacial score (nSPS) is 23.6. The van der Waals surface area contributed by atoms with E-state index < -0.39 is 11.4 Å². The Morgan fingerprint density at radius 3 is 2.17 bits per heavy atom. The first-order chi connectivity index (χ1) is 14.4. The van der Waals surface area contributed by atoms with Crippen molar-refractivity contribution in [1.82, 2.24) is 0 Å². The van der Waals surface area contributed by atoms with Gasteiger partial charge in [-0.1, -0.05) is 94.8 Å². The van der Waals surface area contributed by atoms with E-state index in [9.17, 15) is 9.59 Å². The van der Waals surface area contributed by atoms with E-state index in [1.807, 2.05) is 55.5 Å². The molecule has 1 aliphatic rings. The molecule has 30 heavy (non-hydrogen) atoms. The molecule has 0 amide bonds. The molecule has 4 atom stereocenters. The number of carbonyl (C=O) groups excluding carboxylic acids is 2. The summed E-state index contributed by atoms with van der Waals surface area (Å²) in [6, 6.07) is 18.5. The van der Waals surface area contributed by atoms with Crippen LogP contribution in [-0.2, 0) is 14.9 Å². The third-order valence-electron chi connectivity index (χ3n) is 6.79. The van der Waals surface area contributed by atoms with Crippen LogP contribution in [0.3, 0.4) is 0 Å². The molecular weight excluding hydrogens is 372 g/mol. The average Bonchev–Trinajstić information content (AvgIpc) is 2.76. The summed E-state index contributed by atoms with van der Waals surface area (Å²) in [5.74, 6) is 0.701. The summed E-state index contributed by atoms with van der Waals surface area (Å²) < 4.78 is 6.23. The molecular formula is C27H34O3. The topological polar surface area (TPSA) is 43.4 Å². The third kappa shape index (κ3) is 4.35. The number of benzene rings is 2. The predicted octanol–water partition coefficient (Wildman–Crippen LogP) is 6.22. The average molecular weight is 407 g/mol. The molecule has 2 aromatic carbocycles. The summed E-state index contributed by atoms with van der Waals surface area (Å²) >= 11 is 0. The largest absolute Gasteiger partial charge is 0.461 e. The maximum absolute atomic E-state index is 13.8. The second-order valence-electron chi connectivity index (χ2n) is 9.09. The number of carbonyl (C=O) groups is 2. The fourth-order valence-electron chi connectivity index (χ4n) is 4.90. The smallest absolute Gasteiger partial charge is 0.324 e. The number of esters is 1. The predicted molar refractivity (Wildman–Crippen MR) is 120 cm³/mol. The van der Waals surface area contributed by atoms with E-state index in [-0.39, 0.29) is 11.9 Å². The van der Waals surface area contributed by atoms with Crippen LogP contribution in [0.4, 0.5) is 0 Å². The summed E-state index contributed by atoms with van der Waals surface area (Å²) in [6.07, 6.45) is 3.31. The van der Waals surface area contributed by atoms with Crippen molar-refractivity contribution >= 4 is 11.8 Å². The lowest BCUT2D eigenvalue weighted by Gasteiger charge is -2.39. The lowest BCUT2D eigenvalue weighted by Crippen LogP contribution is -2.48. The molecule has 0 heterocycles. The van der Waals surface area contributed by atoms with Crippen molar-refractivity contribution in [2.45, 2.75) is 64.9 Å². The number of hydrogen-bond acceptors (Lipinski definition) is 3. The van der Waals surface area contributed by atoms with Crippen LogP contribution < -0.4 is 0 Å². The Hall–Kier alpha value is -2.42. The molecule has 0 aliphatic heterocycles. The number of hydrogen-bond donors (Lipinski definition) is 0. The van der Waals surface area contributed by atoms with Gasteiger partial charge in [-0.2, -0.15) is 0 Å². The van der Waals surface area contributed by atoms with Gasteiger partial charge in [0, 0.05) is 5.56 Å². The Labute approximate surface area is 180 Å². The van der Waals surface area contributed by atoms with Gasteiger partial charge in [0.15, 0.2) is 11.2 Å². The number of ketones is 1. The van der Waals surface area contributed by atoms with Crippen molar-refractivity contribution < 1.29 is 14.3 Å². The van der Waals surface area contributed by atoms with Crippen molar-refractivity contribution in [3.8, 4) is 0 Å². The highest BCUT2D eigenvalue weighted by Gasteiger charge is 2.49. The molecule has 0 radical (unpaired) electrons. The second kappa shape index (κ2) is 9.59. The Morgan fingerprint density at radius 2 is 1.60 bits per heavy atom. The summed E-state index contributed by atoms with van der Waals surface area (Å²) in [5.41, 5.74) is -0.0842. The van der Waals surface area contributed by atoms with Crippen LogP contribution in [0, 0.1) is 17.8 Å². The highest BCUT2D eigenvalue weighted by Crippen LogP contribution is 2.39. The van der Waals surface area contributed by atoms with Crippen LogP contribution in [0.1, 0.15) is 69.3 Å². The first kappa shape index (κ1) is 22.3. The molecule has 3 rings (SSSR count). The zero-order valence-corrected chi connectivity index (χ0v) is 18.6. The van der Waals surface area contributed by atoms with E-state index >= 15 is 0 Å². The standard InChI is InChI=1S/C27H34O3/c1-5-27(22-14-10-7-11-15-22,25(28)21-12-8-6-9-13-21)26(29)30-24-18-20(4)16-17-23(24)19(2)3/h6-15,19-20,23-24H,5,16-18H2,1-4H3/t20-,23-,24+,27-/m1/s1. The van der Waals surface area contributed by atoms with E-state index in [4.69, 9.17) is 4.74 Å². The monoisotopic (exact) mass is 406 g/mol. The molecule has 0 spiro atoms. The van der Waals surface area contributed by atoms with Gasteiger partial charge >= 0.3 is 5.97 Å². The fourth-order valence-corrected chi connectivity index (χ4v) is 4.90. The first-order valence-electron chi connectivity index (χ1n) is 11.3. The minimum Gasteiger partial charge on any atom is -0.461 e. The van der Waals surface area contributed by atoms with Gasteiger partial charge in [0.2, 0.25) is 0 Å². The molecule has 3 nitrogen and oxygen atoms in total. The van der Waals surface area contributed by atoms with Gasteiger partial charge in [-0.3, -0.25) is 9.59 Å². The van der Waals surface area contributed by atoms with Gasteiger partial charge < -0.3 is 4.74 Å². The number of ether oxygens (including phenoxy) is 1. The van der Waals surface area contributed by atoms with Crippen LogP contribution in [0.5, 0.6) is 0 Å².